The minimum Gasteiger partial charge on any atom is -0.454 e. The molecule has 11 heteroatoms. The van der Waals surface area contributed by atoms with Gasteiger partial charge in [-0.2, -0.15) is 0 Å². The Kier molecular flexibility index (Phi) is 5.74. The Morgan fingerprint density at radius 2 is 1.90 bits per heavy atom. The molecule has 2 aromatic carbocycles. The summed E-state index contributed by atoms with van der Waals surface area (Å²) in [6, 6.07) is 8.11. The zero-order valence-electron chi connectivity index (χ0n) is 16.0. The van der Waals surface area contributed by atoms with E-state index >= 15 is 0 Å². The van der Waals surface area contributed by atoms with Crippen molar-refractivity contribution in [3.05, 3.63) is 63.2 Å². The molecule has 0 saturated heterocycles. The van der Waals surface area contributed by atoms with E-state index in [4.69, 9.17) is 10.5 Å². The summed E-state index contributed by atoms with van der Waals surface area (Å²) in [5.41, 5.74) is 6.40. The Bertz CT molecular complexity index is 1140. The van der Waals surface area contributed by atoms with E-state index in [1.807, 2.05) is 0 Å². The van der Waals surface area contributed by atoms with E-state index < -0.39 is 39.0 Å². The quantitative estimate of drug-likeness (QED) is 0.239. The van der Waals surface area contributed by atoms with Crippen molar-refractivity contribution < 1.29 is 27.7 Å². The molecule has 0 saturated carbocycles. The van der Waals surface area contributed by atoms with Crippen LogP contribution >= 0.6 is 0 Å². The van der Waals surface area contributed by atoms with E-state index in [1.54, 1.807) is 12.1 Å². The van der Waals surface area contributed by atoms with Crippen molar-refractivity contribution in [3.8, 4) is 0 Å². The number of hydrogen-bond donors (Lipinski definition) is 1. The zero-order chi connectivity index (χ0) is 22.1. The average molecular weight is 433 g/mol. The highest BCUT2D eigenvalue weighted by molar-refractivity contribution is 7.92. The smallest absolute Gasteiger partial charge is 0.338 e. The number of sulfonamides is 1. The number of carbonyl (C=O) groups is 2. The number of carbonyl (C=O) groups excluding carboxylic acids is 2. The molecule has 0 amide bonds. The predicted octanol–water partition coefficient (Wildman–Crippen LogP) is 1.93. The number of nitrogen functional groups attached to an aromatic ring is 1. The number of fused-ring (bicyclic) bond motifs is 1. The van der Waals surface area contributed by atoms with Gasteiger partial charge in [-0.1, -0.05) is 0 Å². The van der Waals surface area contributed by atoms with Crippen LogP contribution in [0, 0.1) is 10.1 Å². The summed E-state index contributed by atoms with van der Waals surface area (Å²) in [4.78, 5) is 34.8. The van der Waals surface area contributed by atoms with Crippen molar-refractivity contribution in [2.45, 2.75) is 12.8 Å². The number of benzene rings is 2. The molecule has 3 rings (SSSR count). The number of nitrogens with zero attached hydrogens (tertiary/aromatic N) is 2. The van der Waals surface area contributed by atoms with Crippen molar-refractivity contribution in [3.63, 3.8) is 0 Å². The molecule has 0 spiro atoms. The summed E-state index contributed by atoms with van der Waals surface area (Å²) < 4.78 is 30.1. The zero-order valence-corrected chi connectivity index (χ0v) is 16.8. The molecule has 1 aliphatic heterocycles. The van der Waals surface area contributed by atoms with Gasteiger partial charge in [-0.25, -0.2) is 13.2 Å². The fourth-order valence-corrected chi connectivity index (χ4v) is 4.20. The van der Waals surface area contributed by atoms with Gasteiger partial charge in [0.2, 0.25) is 10.0 Å². The Morgan fingerprint density at radius 3 is 2.57 bits per heavy atom. The van der Waals surface area contributed by atoms with Gasteiger partial charge >= 0.3 is 5.97 Å². The van der Waals surface area contributed by atoms with Crippen LogP contribution in [0.5, 0.6) is 0 Å². The molecule has 2 aromatic rings. The molecule has 2 N–H and O–H groups in total. The van der Waals surface area contributed by atoms with E-state index in [1.165, 1.54) is 22.5 Å². The summed E-state index contributed by atoms with van der Waals surface area (Å²) in [6.45, 7) is -0.184. The van der Waals surface area contributed by atoms with Gasteiger partial charge < -0.3 is 10.5 Å². The minimum atomic E-state index is -3.42. The number of anilines is 2. The monoisotopic (exact) mass is 433 g/mol. The number of hydrogen-bond acceptors (Lipinski definition) is 8. The van der Waals surface area contributed by atoms with Crippen LogP contribution < -0.4 is 10.0 Å². The molecule has 0 bridgehead atoms. The molecule has 158 valence electrons. The first kappa shape index (κ1) is 21.2. The maximum atomic E-state index is 12.4. The largest absolute Gasteiger partial charge is 0.454 e. The molecular formula is C19H19N3O7S. The number of Topliss-reactive ketones (excluding diaryl/α,β-unsaturated/α-hetero) is 1. The molecule has 0 fully saturated rings. The first-order valence-electron chi connectivity index (χ1n) is 8.93. The van der Waals surface area contributed by atoms with Crippen molar-refractivity contribution >= 4 is 38.8 Å². The normalized spacial score (nSPS) is 13.4. The second kappa shape index (κ2) is 8.11. The van der Waals surface area contributed by atoms with Crippen molar-refractivity contribution in [2.24, 2.45) is 0 Å². The molecule has 0 aromatic heterocycles. The number of ether oxygens (including phenoxy) is 1. The summed E-state index contributed by atoms with van der Waals surface area (Å²) in [6.07, 6.45) is 2.38. The highest BCUT2D eigenvalue weighted by Crippen LogP contribution is 2.30. The predicted molar refractivity (Wildman–Crippen MR) is 109 cm³/mol. The number of nitro benzene ring substituents is 1. The van der Waals surface area contributed by atoms with Gasteiger partial charge in [0.25, 0.3) is 5.69 Å². The van der Waals surface area contributed by atoms with Crippen LogP contribution in [-0.2, 0) is 21.2 Å². The maximum absolute atomic E-state index is 12.4. The standard InChI is InChI=1S/C19H19N3O7S/c1-30(27,28)21-8-2-3-12-9-13(5-7-16(12)21)18(23)11-29-19(24)14-4-6-15(20)17(10-14)22(25)26/h4-7,9-10H,2-3,8,11,20H2,1H3. The topological polar surface area (TPSA) is 150 Å². The molecule has 10 nitrogen and oxygen atoms in total. The SMILES string of the molecule is CS(=O)(=O)N1CCCc2cc(C(=O)COC(=O)c3ccc(N)c([N+](=O)[O-])c3)ccc21. The number of aryl methyl sites for hydroxylation is 1. The third kappa shape index (κ3) is 4.40. The highest BCUT2D eigenvalue weighted by Gasteiger charge is 2.25. The highest BCUT2D eigenvalue weighted by atomic mass is 32.2. The average Bonchev–Trinajstić information content (AvgIpc) is 2.70. The van der Waals surface area contributed by atoms with E-state index in [-0.39, 0.29) is 16.8 Å². The molecule has 0 unspecified atom stereocenters. The number of esters is 1. The van der Waals surface area contributed by atoms with Crippen LogP contribution in [0.1, 0.15) is 32.7 Å². The summed E-state index contributed by atoms with van der Waals surface area (Å²) in [5, 5.41) is 10.9. The Hall–Kier alpha value is -3.47. The summed E-state index contributed by atoms with van der Waals surface area (Å²) >= 11 is 0. The Balaban J connectivity index is 1.72. The van der Waals surface area contributed by atoms with Crippen LogP contribution in [-0.4, -0.2) is 44.5 Å². The second-order valence-corrected chi connectivity index (χ2v) is 8.72. The third-order valence-electron chi connectivity index (χ3n) is 4.68. The maximum Gasteiger partial charge on any atom is 0.338 e. The van der Waals surface area contributed by atoms with Crippen molar-refractivity contribution in [1.82, 2.24) is 0 Å². The first-order chi connectivity index (χ1) is 14.1. The molecule has 0 radical (unpaired) electrons. The van der Waals surface area contributed by atoms with Crippen LogP contribution in [0.2, 0.25) is 0 Å². The lowest BCUT2D eigenvalue weighted by molar-refractivity contribution is -0.383. The van der Waals surface area contributed by atoms with Crippen molar-refractivity contribution in [1.29, 1.82) is 0 Å². The summed E-state index contributed by atoms with van der Waals surface area (Å²) in [7, 11) is -3.42. The van der Waals surface area contributed by atoms with E-state index in [2.05, 4.69) is 0 Å². The van der Waals surface area contributed by atoms with Crippen LogP contribution in [0.25, 0.3) is 0 Å². The molecule has 0 atom stereocenters. The lowest BCUT2D eigenvalue weighted by Crippen LogP contribution is -2.34. The van der Waals surface area contributed by atoms with Gasteiger partial charge in [0.1, 0.15) is 5.69 Å². The van der Waals surface area contributed by atoms with Crippen LogP contribution in [0.4, 0.5) is 17.1 Å². The Morgan fingerprint density at radius 1 is 1.20 bits per heavy atom. The minimum absolute atomic E-state index is 0.0928. The fourth-order valence-electron chi connectivity index (χ4n) is 3.21. The van der Waals surface area contributed by atoms with E-state index in [9.17, 15) is 28.1 Å². The number of rotatable bonds is 6. The summed E-state index contributed by atoms with van der Waals surface area (Å²) in [5.74, 6) is -1.37. The van der Waals surface area contributed by atoms with Crippen LogP contribution in [0.3, 0.4) is 0 Å². The van der Waals surface area contributed by atoms with Gasteiger partial charge in [-0.15, -0.1) is 0 Å². The van der Waals surface area contributed by atoms with Crippen LogP contribution in [0.15, 0.2) is 36.4 Å². The van der Waals surface area contributed by atoms with Gasteiger partial charge in [0, 0.05) is 18.2 Å². The van der Waals surface area contributed by atoms with Gasteiger partial charge in [0.15, 0.2) is 12.4 Å². The number of nitrogens with two attached hydrogens (primary N) is 1. The number of ketones is 1. The lowest BCUT2D eigenvalue weighted by Gasteiger charge is -2.29. The van der Waals surface area contributed by atoms with Gasteiger partial charge in [-0.05, 0) is 48.7 Å². The first-order valence-corrected chi connectivity index (χ1v) is 10.8. The third-order valence-corrected chi connectivity index (χ3v) is 5.85. The molecule has 0 aliphatic carbocycles. The molecule has 1 heterocycles. The van der Waals surface area contributed by atoms with E-state index in [0.717, 1.165) is 17.9 Å². The second-order valence-electron chi connectivity index (χ2n) is 6.81. The van der Waals surface area contributed by atoms with Crippen molar-refractivity contribution in [2.75, 3.05) is 29.4 Å². The van der Waals surface area contributed by atoms with Gasteiger partial charge in [0.05, 0.1) is 22.4 Å². The van der Waals surface area contributed by atoms with E-state index in [0.29, 0.717) is 25.1 Å². The lowest BCUT2D eigenvalue weighted by atomic mass is 9.99. The van der Waals surface area contributed by atoms with Gasteiger partial charge in [-0.3, -0.25) is 19.2 Å². The molecular weight excluding hydrogens is 414 g/mol. The fraction of sp³-hybridized carbons (Fsp3) is 0.263. The molecule has 30 heavy (non-hydrogen) atoms. The molecule has 1 aliphatic rings. The number of nitro groups is 1. The Labute approximate surface area is 172 Å².